The molecule has 0 saturated carbocycles. The number of nitrogens with one attached hydrogen (secondary N) is 2. The Labute approximate surface area is 117 Å². The smallest absolute Gasteiger partial charge is 0.342 e. The van der Waals surface area contributed by atoms with Crippen LogP contribution in [0.15, 0.2) is 11.2 Å². The molecule has 114 valence electrons. The Hall–Kier alpha value is -1.45. The highest BCUT2D eigenvalue weighted by atomic mass is 32.2. The molecule has 20 heavy (non-hydrogen) atoms. The molecule has 0 spiro atoms. The molecular weight excluding hydrogens is 286 g/mol. The van der Waals surface area contributed by atoms with Crippen molar-refractivity contribution >= 4 is 16.0 Å². The second kappa shape index (κ2) is 6.33. The summed E-state index contributed by atoms with van der Waals surface area (Å²) in [6, 6.07) is 0. The standard InChI is InChI=1S/C11H19N3O5S/c1-5-19-10(15)8-6-12-13-9(8)20(16,17)14-11(2,3)7-18-4/h6,14H,5,7H2,1-4H3,(H,12,13). The third-order valence-electron chi connectivity index (χ3n) is 2.28. The highest BCUT2D eigenvalue weighted by Gasteiger charge is 2.31. The zero-order valence-corrected chi connectivity index (χ0v) is 12.7. The number of H-pyrrole nitrogens is 1. The molecule has 0 bridgehead atoms. The van der Waals surface area contributed by atoms with Gasteiger partial charge >= 0.3 is 5.97 Å². The van der Waals surface area contributed by atoms with E-state index in [9.17, 15) is 13.2 Å². The molecule has 0 saturated heterocycles. The topological polar surface area (TPSA) is 110 Å². The average molecular weight is 305 g/mol. The lowest BCUT2D eigenvalue weighted by atomic mass is 10.1. The summed E-state index contributed by atoms with van der Waals surface area (Å²) in [5.74, 6) is -0.744. The first-order chi connectivity index (χ1) is 9.23. The van der Waals surface area contributed by atoms with Crippen LogP contribution in [-0.2, 0) is 19.5 Å². The predicted molar refractivity (Wildman–Crippen MR) is 70.8 cm³/mol. The van der Waals surface area contributed by atoms with Crippen molar-refractivity contribution in [1.82, 2.24) is 14.9 Å². The van der Waals surface area contributed by atoms with Gasteiger partial charge in [0.1, 0.15) is 5.56 Å². The molecule has 9 heteroatoms. The molecular formula is C11H19N3O5S. The molecule has 0 aliphatic rings. The van der Waals surface area contributed by atoms with Crippen LogP contribution in [0.3, 0.4) is 0 Å². The Morgan fingerprint density at radius 3 is 2.70 bits per heavy atom. The van der Waals surface area contributed by atoms with Gasteiger partial charge in [0.05, 0.1) is 24.9 Å². The van der Waals surface area contributed by atoms with Gasteiger partial charge in [0, 0.05) is 7.11 Å². The Balaban J connectivity index is 3.05. The number of hydrogen-bond donors (Lipinski definition) is 2. The van der Waals surface area contributed by atoms with Crippen molar-refractivity contribution < 1.29 is 22.7 Å². The van der Waals surface area contributed by atoms with Crippen LogP contribution in [0.25, 0.3) is 0 Å². The van der Waals surface area contributed by atoms with Crippen molar-refractivity contribution in [3.8, 4) is 0 Å². The number of carbonyl (C=O) groups is 1. The first-order valence-corrected chi connectivity index (χ1v) is 7.45. The zero-order valence-electron chi connectivity index (χ0n) is 11.9. The molecule has 2 N–H and O–H groups in total. The molecule has 1 aromatic rings. The van der Waals surface area contributed by atoms with Gasteiger partial charge in [-0.3, -0.25) is 5.10 Å². The molecule has 0 unspecified atom stereocenters. The van der Waals surface area contributed by atoms with E-state index in [0.717, 1.165) is 6.20 Å². The number of methoxy groups -OCH3 is 1. The minimum atomic E-state index is -3.94. The maximum atomic E-state index is 12.3. The monoisotopic (exact) mass is 305 g/mol. The summed E-state index contributed by atoms with van der Waals surface area (Å²) in [4.78, 5) is 11.7. The van der Waals surface area contributed by atoms with E-state index in [-0.39, 0.29) is 23.8 Å². The number of hydrogen-bond acceptors (Lipinski definition) is 6. The minimum Gasteiger partial charge on any atom is -0.462 e. The Morgan fingerprint density at radius 2 is 2.15 bits per heavy atom. The van der Waals surface area contributed by atoms with E-state index in [1.54, 1.807) is 20.8 Å². The molecule has 0 aromatic carbocycles. The highest BCUT2D eigenvalue weighted by molar-refractivity contribution is 7.89. The van der Waals surface area contributed by atoms with Gasteiger partial charge in [0.15, 0.2) is 5.03 Å². The number of rotatable bonds is 7. The summed E-state index contributed by atoms with van der Waals surface area (Å²) >= 11 is 0. The summed E-state index contributed by atoms with van der Waals surface area (Å²) in [6.07, 6.45) is 1.12. The third kappa shape index (κ3) is 4.02. The predicted octanol–water partition coefficient (Wildman–Crippen LogP) is 0.290. The van der Waals surface area contributed by atoms with Crippen LogP contribution in [0.1, 0.15) is 31.1 Å². The van der Waals surface area contributed by atoms with Crippen LogP contribution in [0, 0.1) is 0 Å². The van der Waals surface area contributed by atoms with Crippen LogP contribution >= 0.6 is 0 Å². The lowest BCUT2D eigenvalue weighted by molar-refractivity contribution is 0.0521. The van der Waals surface area contributed by atoms with Gasteiger partial charge in [0.25, 0.3) is 10.0 Å². The van der Waals surface area contributed by atoms with Gasteiger partial charge in [-0.05, 0) is 20.8 Å². The Bertz CT molecular complexity index is 564. The molecule has 0 radical (unpaired) electrons. The summed E-state index contributed by atoms with van der Waals surface area (Å²) < 4.78 is 36.7. The maximum Gasteiger partial charge on any atom is 0.342 e. The fourth-order valence-electron chi connectivity index (χ4n) is 1.64. The molecule has 1 aromatic heterocycles. The molecule has 0 fully saturated rings. The van der Waals surface area contributed by atoms with E-state index in [1.807, 2.05) is 0 Å². The fourth-order valence-corrected chi connectivity index (χ4v) is 3.13. The molecule has 8 nitrogen and oxygen atoms in total. The van der Waals surface area contributed by atoms with Crippen LogP contribution in [0.5, 0.6) is 0 Å². The summed E-state index contributed by atoms with van der Waals surface area (Å²) in [5.41, 5.74) is -0.961. The minimum absolute atomic E-state index is 0.132. The highest BCUT2D eigenvalue weighted by Crippen LogP contribution is 2.16. The first kappa shape index (κ1) is 16.6. The van der Waals surface area contributed by atoms with Crippen LogP contribution < -0.4 is 4.72 Å². The van der Waals surface area contributed by atoms with Crippen molar-refractivity contribution in [3.63, 3.8) is 0 Å². The van der Waals surface area contributed by atoms with E-state index < -0.39 is 21.5 Å². The number of nitrogens with zero attached hydrogens (tertiary/aromatic N) is 1. The normalized spacial score (nSPS) is 12.4. The number of ether oxygens (including phenoxy) is 2. The van der Waals surface area contributed by atoms with Crippen molar-refractivity contribution in [2.75, 3.05) is 20.3 Å². The van der Waals surface area contributed by atoms with Gasteiger partial charge in [-0.25, -0.2) is 17.9 Å². The summed E-state index contributed by atoms with van der Waals surface area (Å²) in [5, 5.41) is 5.58. The van der Waals surface area contributed by atoms with Crippen molar-refractivity contribution in [3.05, 3.63) is 11.8 Å². The third-order valence-corrected chi connectivity index (χ3v) is 3.95. The van der Waals surface area contributed by atoms with Crippen molar-refractivity contribution in [2.24, 2.45) is 0 Å². The lowest BCUT2D eigenvalue weighted by Crippen LogP contribution is -2.47. The SMILES string of the molecule is CCOC(=O)c1cn[nH]c1S(=O)(=O)NC(C)(C)COC. The van der Waals surface area contributed by atoms with E-state index in [2.05, 4.69) is 14.9 Å². The van der Waals surface area contributed by atoms with Gasteiger partial charge < -0.3 is 9.47 Å². The fraction of sp³-hybridized carbons (Fsp3) is 0.636. The summed E-state index contributed by atoms with van der Waals surface area (Å²) in [6.45, 7) is 5.27. The molecule has 0 aliphatic heterocycles. The molecule has 1 rings (SSSR count). The van der Waals surface area contributed by atoms with Crippen LogP contribution in [-0.4, -0.2) is 50.4 Å². The van der Waals surface area contributed by atoms with Crippen molar-refractivity contribution in [2.45, 2.75) is 31.3 Å². The Morgan fingerprint density at radius 1 is 1.50 bits per heavy atom. The quantitative estimate of drug-likeness (QED) is 0.701. The largest absolute Gasteiger partial charge is 0.462 e. The number of carbonyl (C=O) groups excluding carboxylic acids is 1. The van der Waals surface area contributed by atoms with Crippen LogP contribution in [0.4, 0.5) is 0 Å². The summed E-state index contributed by atoms with van der Waals surface area (Å²) in [7, 11) is -2.47. The average Bonchev–Trinajstić information content (AvgIpc) is 2.76. The van der Waals surface area contributed by atoms with E-state index in [1.165, 1.54) is 7.11 Å². The number of sulfonamides is 1. The van der Waals surface area contributed by atoms with Gasteiger partial charge in [0.2, 0.25) is 0 Å². The van der Waals surface area contributed by atoms with Crippen molar-refractivity contribution in [1.29, 1.82) is 0 Å². The number of aromatic nitrogens is 2. The first-order valence-electron chi connectivity index (χ1n) is 5.97. The van der Waals surface area contributed by atoms with E-state index >= 15 is 0 Å². The molecule has 0 amide bonds. The van der Waals surface area contributed by atoms with Gasteiger partial charge in [-0.2, -0.15) is 5.10 Å². The van der Waals surface area contributed by atoms with Gasteiger partial charge in [-0.1, -0.05) is 0 Å². The number of aromatic amines is 1. The lowest BCUT2D eigenvalue weighted by Gasteiger charge is -2.24. The molecule has 0 aliphatic carbocycles. The molecule has 0 atom stereocenters. The second-order valence-corrected chi connectivity index (χ2v) is 6.37. The molecule has 1 heterocycles. The Kier molecular flexibility index (Phi) is 5.26. The maximum absolute atomic E-state index is 12.3. The van der Waals surface area contributed by atoms with Gasteiger partial charge in [-0.15, -0.1) is 0 Å². The van der Waals surface area contributed by atoms with Crippen LogP contribution in [0.2, 0.25) is 0 Å². The van der Waals surface area contributed by atoms with E-state index in [0.29, 0.717) is 0 Å². The van der Waals surface area contributed by atoms with E-state index in [4.69, 9.17) is 9.47 Å². The second-order valence-electron chi connectivity index (χ2n) is 4.76. The zero-order chi connectivity index (χ0) is 15.4. The number of esters is 1.